The third-order valence-electron chi connectivity index (χ3n) is 4.85. The number of aryl methyl sites for hydroxylation is 4. The summed E-state index contributed by atoms with van der Waals surface area (Å²) in [6, 6.07) is -0.0736. The van der Waals surface area contributed by atoms with Crippen molar-refractivity contribution in [1.29, 1.82) is 0 Å². The molecule has 1 amide bonds. The van der Waals surface area contributed by atoms with E-state index in [9.17, 15) is 4.79 Å². The predicted octanol–water partition coefficient (Wildman–Crippen LogP) is 1.12. The van der Waals surface area contributed by atoms with Crippen LogP contribution in [0.1, 0.15) is 43.3 Å². The van der Waals surface area contributed by atoms with E-state index in [-0.39, 0.29) is 18.0 Å². The van der Waals surface area contributed by atoms with Crippen molar-refractivity contribution in [2.45, 2.75) is 65.6 Å². The van der Waals surface area contributed by atoms with Crippen LogP contribution in [0.4, 0.5) is 5.69 Å². The van der Waals surface area contributed by atoms with Gasteiger partial charge in [-0.15, -0.1) is 0 Å². The molecule has 1 aliphatic rings. The van der Waals surface area contributed by atoms with Crippen molar-refractivity contribution in [1.82, 2.24) is 29.9 Å². The number of hydrogen-bond donors (Lipinski definition) is 2. The van der Waals surface area contributed by atoms with E-state index in [1.165, 1.54) is 0 Å². The molecule has 2 unspecified atom stereocenters. The van der Waals surface area contributed by atoms with E-state index in [4.69, 9.17) is 0 Å². The first kappa shape index (κ1) is 17.6. The van der Waals surface area contributed by atoms with E-state index in [0.29, 0.717) is 0 Å². The summed E-state index contributed by atoms with van der Waals surface area (Å²) in [5.41, 5.74) is 2.59. The molecule has 0 fully saturated rings. The predicted molar refractivity (Wildman–Crippen MR) is 95.4 cm³/mol. The standard InChI is InChI=1S/C17H27N7O/c1-6-14-19-15-8-7-13(9-24(15)22-14)18-11(3)17(25)20-16-10(2)21-23(5)12(16)4/h11,13,18H,6-9H2,1-5H3,(H,20,25). The van der Waals surface area contributed by atoms with Gasteiger partial charge in [0.2, 0.25) is 5.91 Å². The Morgan fingerprint density at radius 2 is 2.12 bits per heavy atom. The molecule has 8 heteroatoms. The highest BCUT2D eigenvalue weighted by Gasteiger charge is 2.25. The summed E-state index contributed by atoms with van der Waals surface area (Å²) in [6.45, 7) is 8.56. The average Bonchev–Trinajstić information content (AvgIpc) is 3.10. The van der Waals surface area contributed by atoms with Gasteiger partial charge in [-0.25, -0.2) is 9.67 Å². The smallest absolute Gasteiger partial charge is 0.241 e. The van der Waals surface area contributed by atoms with Gasteiger partial charge in [0.15, 0.2) is 5.82 Å². The van der Waals surface area contributed by atoms with E-state index in [2.05, 4.69) is 32.7 Å². The molecule has 136 valence electrons. The van der Waals surface area contributed by atoms with Gasteiger partial charge < -0.3 is 10.6 Å². The lowest BCUT2D eigenvalue weighted by Gasteiger charge is -2.26. The molecule has 0 aromatic carbocycles. The molecule has 0 aliphatic carbocycles. The molecule has 1 aliphatic heterocycles. The van der Waals surface area contributed by atoms with E-state index in [0.717, 1.165) is 54.5 Å². The largest absolute Gasteiger partial charge is 0.322 e. The minimum atomic E-state index is -0.292. The molecule has 2 atom stereocenters. The fraction of sp³-hybridized carbons (Fsp3) is 0.647. The number of carbonyl (C=O) groups is 1. The number of nitrogens with one attached hydrogen (secondary N) is 2. The Kier molecular flexibility index (Phi) is 4.89. The molecule has 0 radical (unpaired) electrons. The molecule has 3 rings (SSSR count). The lowest BCUT2D eigenvalue weighted by molar-refractivity contribution is -0.118. The number of nitrogens with zero attached hydrogens (tertiary/aromatic N) is 5. The van der Waals surface area contributed by atoms with Crippen molar-refractivity contribution in [3.8, 4) is 0 Å². The molecule has 0 spiro atoms. The van der Waals surface area contributed by atoms with Crippen molar-refractivity contribution < 1.29 is 4.79 Å². The van der Waals surface area contributed by atoms with Gasteiger partial charge in [0.05, 0.1) is 29.7 Å². The Morgan fingerprint density at radius 3 is 2.76 bits per heavy atom. The number of carbonyl (C=O) groups excluding carboxylic acids is 1. The van der Waals surface area contributed by atoms with Crippen LogP contribution < -0.4 is 10.6 Å². The number of anilines is 1. The molecule has 3 heterocycles. The molecule has 2 N–H and O–H groups in total. The highest BCUT2D eigenvalue weighted by atomic mass is 16.2. The number of fused-ring (bicyclic) bond motifs is 1. The summed E-state index contributed by atoms with van der Waals surface area (Å²) in [6.07, 6.45) is 2.70. The highest BCUT2D eigenvalue weighted by molar-refractivity contribution is 5.95. The molecular formula is C17H27N7O. The molecule has 2 aromatic heterocycles. The monoisotopic (exact) mass is 345 g/mol. The SMILES string of the molecule is CCc1nc2n(n1)CC(NC(C)C(=O)Nc1c(C)nn(C)c1C)CC2. The highest BCUT2D eigenvalue weighted by Crippen LogP contribution is 2.19. The zero-order valence-electron chi connectivity index (χ0n) is 15.6. The minimum Gasteiger partial charge on any atom is -0.322 e. The Balaban J connectivity index is 1.60. The maximum Gasteiger partial charge on any atom is 0.241 e. The summed E-state index contributed by atoms with van der Waals surface area (Å²) in [5, 5.41) is 15.3. The Hall–Kier alpha value is -2.22. The molecular weight excluding hydrogens is 318 g/mol. The topological polar surface area (TPSA) is 89.7 Å². The molecule has 8 nitrogen and oxygen atoms in total. The summed E-state index contributed by atoms with van der Waals surface area (Å²) in [7, 11) is 1.88. The number of rotatable bonds is 5. The summed E-state index contributed by atoms with van der Waals surface area (Å²) < 4.78 is 3.75. The van der Waals surface area contributed by atoms with E-state index in [1.807, 2.05) is 32.5 Å². The lowest BCUT2D eigenvalue weighted by atomic mass is 10.1. The molecule has 0 saturated carbocycles. The van der Waals surface area contributed by atoms with Crippen molar-refractivity contribution in [3.05, 3.63) is 23.0 Å². The average molecular weight is 345 g/mol. The van der Waals surface area contributed by atoms with Crippen molar-refractivity contribution in [2.24, 2.45) is 7.05 Å². The maximum absolute atomic E-state index is 12.6. The molecule has 25 heavy (non-hydrogen) atoms. The Bertz CT molecular complexity index is 776. The second-order valence-corrected chi connectivity index (χ2v) is 6.76. The summed E-state index contributed by atoms with van der Waals surface area (Å²) >= 11 is 0. The van der Waals surface area contributed by atoms with Crippen LogP contribution in [0.2, 0.25) is 0 Å². The molecule has 2 aromatic rings. The van der Waals surface area contributed by atoms with E-state index in [1.54, 1.807) is 4.68 Å². The zero-order chi connectivity index (χ0) is 18.1. The van der Waals surface area contributed by atoms with Gasteiger partial charge in [-0.3, -0.25) is 9.48 Å². The van der Waals surface area contributed by atoms with Crippen LogP contribution in [0.5, 0.6) is 0 Å². The minimum absolute atomic E-state index is 0.0437. The Labute approximate surface area is 148 Å². The zero-order valence-corrected chi connectivity index (χ0v) is 15.6. The fourth-order valence-corrected chi connectivity index (χ4v) is 3.26. The molecule has 0 saturated heterocycles. The first-order valence-corrected chi connectivity index (χ1v) is 8.88. The maximum atomic E-state index is 12.6. The van der Waals surface area contributed by atoms with Crippen molar-refractivity contribution >= 4 is 11.6 Å². The third kappa shape index (κ3) is 3.58. The van der Waals surface area contributed by atoms with Gasteiger partial charge in [0.25, 0.3) is 0 Å². The number of hydrogen-bond acceptors (Lipinski definition) is 5. The van der Waals surface area contributed by atoms with Crippen LogP contribution >= 0.6 is 0 Å². The second kappa shape index (κ2) is 6.95. The van der Waals surface area contributed by atoms with Gasteiger partial charge in [-0.05, 0) is 27.2 Å². The van der Waals surface area contributed by atoms with Crippen LogP contribution in [0.15, 0.2) is 0 Å². The quantitative estimate of drug-likeness (QED) is 0.848. The number of aromatic nitrogens is 5. The van der Waals surface area contributed by atoms with Crippen LogP contribution in [0, 0.1) is 13.8 Å². The second-order valence-electron chi connectivity index (χ2n) is 6.76. The van der Waals surface area contributed by atoms with Crippen molar-refractivity contribution in [3.63, 3.8) is 0 Å². The molecule has 0 bridgehead atoms. The summed E-state index contributed by atoms with van der Waals surface area (Å²) in [4.78, 5) is 17.1. The lowest BCUT2D eigenvalue weighted by Crippen LogP contribution is -2.47. The van der Waals surface area contributed by atoms with Crippen LogP contribution in [-0.2, 0) is 31.2 Å². The number of amides is 1. The van der Waals surface area contributed by atoms with Gasteiger partial charge in [0, 0.05) is 25.9 Å². The normalized spacial score (nSPS) is 18.0. The first-order chi connectivity index (χ1) is 11.9. The van der Waals surface area contributed by atoms with Crippen molar-refractivity contribution in [2.75, 3.05) is 5.32 Å². The first-order valence-electron chi connectivity index (χ1n) is 8.88. The van der Waals surface area contributed by atoms with Gasteiger partial charge in [0.1, 0.15) is 5.82 Å². The fourth-order valence-electron chi connectivity index (χ4n) is 3.26. The van der Waals surface area contributed by atoms with Crippen LogP contribution in [-0.4, -0.2) is 42.5 Å². The van der Waals surface area contributed by atoms with Crippen LogP contribution in [0.25, 0.3) is 0 Å². The Morgan fingerprint density at radius 1 is 1.36 bits per heavy atom. The van der Waals surface area contributed by atoms with Gasteiger partial charge in [-0.1, -0.05) is 6.92 Å². The van der Waals surface area contributed by atoms with Gasteiger partial charge in [-0.2, -0.15) is 10.2 Å². The third-order valence-corrected chi connectivity index (χ3v) is 4.85. The van der Waals surface area contributed by atoms with E-state index < -0.39 is 0 Å². The van der Waals surface area contributed by atoms with Crippen LogP contribution in [0.3, 0.4) is 0 Å². The summed E-state index contributed by atoms with van der Waals surface area (Å²) in [5.74, 6) is 1.90. The van der Waals surface area contributed by atoms with E-state index >= 15 is 0 Å². The van der Waals surface area contributed by atoms with Gasteiger partial charge >= 0.3 is 0 Å².